The van der Waals surface area contributed by atoms with Crippen molar-refractivity contribution < 1.29 is 14.0 Å². The summed E-state index contributed by atoms with van der Waals surface area (Å²) in [6.07, 6.45) is 4.87. The minimum absolute atomic E-state index is 0.180. The predicted octanol–water partition coefficient (Wildman–Crippen LogP) is 7.73. The van der Waals surface area contributed by atoms with Crippen LogP contribution >= 0.6 is 0 Å². The minimum Gasteiger partial charge on any atom is -0.399 e. The second-order valence-electron chi connectivity index (χ2n) is 14.4. The summed E-state index contributed by atoms with van der Waals surface area (Å²) in [6, 6.07) is 24.3. The van der Waals surface area contributed by atoms with Crippen molar-refractivity contribution in [3.05, 3.63) is 113 Å². The number of hydrogen-bond acceptors (Lipinski definition) is 8. The first-order valence-corrected chi connectivity index (χ1v) is 18.3. The van der Waals surface area contributed by atoms with E-state index < -0.39 is 6.17 Å². The molecule has 2 aliphatic heterocycles. The highest BCUT2D eigenvalue weighted by atomic mass is 19.1. The van der Waals surface area contributed by atoms with Crippen LogP contribution in [0.25, 0.3) is 22.0 Å². The number of fused-ring (bicyclic) bond motifs is 1. The third-order valence-electron chi connectivity index (χ3n) is 10.7. The molecule has 7 rings (SSSR count). The van der Waals surface area contributed by atoms with Crippen molar-refractivity contribution in [2.24, 2.45) is 0 Å². The molecule has 0 spiro atoms. The number of hydrogen-bond donors (Lipinski definition) is 3. The summed E-state index contributed by atoms with van der Waals surface area (Å²) < 4.78 is 14.1. The highest BCUT2D eigenvalue weighted by Gasteiger charge is 2.28. The molecule has 2 amide bonds. The molecule has 2 saturated heterocycles. The van der Waals surface area contributed by atoms with Crippen LogP contribution in [0.15, 0.2) is 79.0 Å². The number of nitrogen functional groups attached to an aromatic ring is 1. The smallest absolute Gasteiger partial charge is 0.234 e. The number of carbonyl (C=O) groups is 2. The van der Waals surface area contributed by atoms with Crippen LogP contribution < -0.4 is 16.4 Å². The van der Waals surface area contributed by atoms with Gasteiger partial charge in [-0.1, -0.05) is 48.5 Å². The van der Waals surface area contributed by atoms with Crippen LogP contribution in [0, 0.1) is 6.92 Å². The van der Waals surface area contributed by atoms with Crippen molar-refractivity contribution in [1.29, 1.82) is 0 Å². The number of imide groups is 1. The van der Waals surface area contributed by atoms with Gasteiger partial charge in [0.25, 0.3) is 0 Å². The number of amides is 2. The van der Waals surface area contributed by atoms with Crippen LogP contribution in [0.1, 0.15) is 97.1 Å². The van der Waals surface area contributed by atoms with Crippen LogP contribution in [0.3, 0.4) is 0 Å². The van der Waals surface area contributed by atoms with E-state index in [1.807, 2.05) is 32.2 Å². The molecule has 2 aromatic heterocycles. The molecule has 3 atom stereocenters. The number of aryl methyl sites for hydroxylation is 1. The maximum Gasteiger partial charge on any atom is 0.234 e. The van der Waals surface area contributed by atoms with Gasteiger partial charge in [-0.05, 0) is 118 Å². The first-order valence-electron chi connectivity index (χ1n) is 18.3. The van der Waals surface area contributed by atoms with Gasteiger partial charge in [0.2, 0.25) is 11.8 Å². The summed E-state index contributed by atoms with van der Waals surface area (Å²) >= 11 is 0. The van der Waals surface area contributed by atoms with Crippen LogP contribution in [-0.2, 0) is 16.0 Å². The lowest BCUT2D eigenvalue weighted by Crippen LogP contribution is -2.39. The maximum atomic E-state index is 14.1. The number of anilines is 2. The van der Waals surface area contributed by atoms with Gasteiger partial charge in [0.05, 0.1) is 23.3 Å². The molecule has 10 heteroatoms. The molecule has 4 N–H and O–H groups in total. The Morgan fingerprint density at radius 2 is 1.67 bits per heavy atom. The number of halogens is 1. The molecule has 0 aliphatic carbocycles. The highest BCUT2D eigenvalue weighted by Crippen LogP contribution is 2.33. The van der Waals surface area contributed by atoms with Gasteiger partial charge in [0.1, 0.15) is 6.17 Å². The Bertz CT molecular complexity index is 2090. The number of nitrogens with one attached hydrogen (secondary N) is 2. The van der Waals surface area contributed by atoms with E-state index in [0.29, 0.717) is 35.8 Å². The van der Waals surface area contributed by atoms with E-state index in [0.717, 1.165) is 77.7 Å². The van der Waals surface area contributed by atoms with E-state index in [-0.39, 0.29) is 23.8 Å². The molecule has 3 aromatic carbocycles. The number of likely N-dealkylation sites (tertiary alicyclic amines) is 1. The Morgan fingerprint density at radius 3 is 2.42 bits per heavy atom. The number of rotatable bonds is 10. The van der Waals surface area contributed by atoms with Gasteiger partial charge < -0.3 is 16.0 Å². The van der Waals surface area contributed by atoms with Gasteiger partial charge >= 0.3 is 0 Å². The van der Waals surface area contributed by atoms with Crippen LogP contribution in [0.4, 0.5) is 15.9 Å². The number of aromatic nitrogens is 3. The van der Waals surface area contributed by atoms with E-state index in [1.54, 1.807) is 6.07 Å². The summed E-state index contributed by atoms with van der Waals surface area (Å²) in [7, 11) is 0. The van der Waals surface area contributed by atoms with Crippen LogP contribution in [-0.4, -0.2) is 51.5 Å². The normalized spacial score (nSPS) is 18.3. The Hall–Kier alpha value is -5.22. The molecule has 9 nitrogen and oxygen atoms in total. The third-order valence-corrected chi connectivity index (χ3v) is 10.7. The molecule has 0 saturated carbocycles. The third kappa shape index (κ3) is 7.82. The monoisotopic (exact) mass is 699 g/mol. The fourth-order valence-corrected chi connectivity index (χ4v) is 7.58. The number of benzene rings is 3. The second kappa shape index (κ2) is 15.2. The minimum atomic E-state index is -1.11. The molecular weight excluding hydrogens is 654 g/mol. The Labute approximate surface area is 304 Å². The number of carbonyl (C=O) groups excluding carboxylic acids is 2. The quantitative estimate of drug-likeness (QED) is 0.0999. The molecule has 4 heterocycles. The second-order valence-corrected chi connectivity index (χ2v) is 14.4. The van der Waals surface area contributed by atoms with Crippen molar-refractivity contribution in [2.75, 3.05) is 30.7 Å². The topological polar surface area (TPSA) is 126 Å². The summed E-state index contributed by atoms with van der Waals surface area (Å²) in [4.78, 5) is 31.2. The number of piperidine rings is 2. The number of alkyl halides is 1. The summed E-state index contributed by atoms with van der Waals surface area (Å²) in [5.41, 5.74) is 14.3. The van der Waals surface area contributed by atoms with Gasteiger partial charge in [0.15, 0.2) is 5.82 Å². The molecular formula is C42H46FN7O2. The van der Waals surface area contributed by atoms with E-state index in [2.05, 4.69) is 80.3 Å². The number of nitrogens with two attached hydrogens (primary N) is 1. The molecule has 2 unspecified atom stereocenters. The van der Waals surface area contributed by atoms with Crippen molar-refractivity contribution >= 4 is 34.1 Å². The fourth-order valence-electron chi connectivity index (χ4n) is 7.58. The van der Waals surface area contributed by atoms with E-state index in [1.165, 1.54) is 18.1 Å². The lowest BCUT2D eigenvalue weighted by atomic mass is 9.86. The average Bonchev–Trinajstić information content (AvgIpc) is 3.15. The van der Waals surface area contributed by atoms with Crippen LogP contribution in [0.2, 0.25) is 0 Å². The Balaban J connectivity index is 0.986. The zero-order valence-corrected chi connectivity index (χ0v) is 30.0. The largest absolute Gasteiger partial charge is 0.399 e. The lowest BCUT2D eigenvalue weighted by Gasteiger charge is -2.32. The maximum absolute atomic E-state index is 14.1. The molecule has 0 bridgehead atoms. The molecule has 52 heavy (non-hydrogen) atoms. The number of nitrogens with zero attached hydrogens (tertiary/aromatic N) is 4. The van der Waals surface area contributed by atoms with Crippen LogP contribution in [0.5, 0.6) is 0 Å². The van der Waals surface area contributed by atoms with E-state index in [4.69, 9.17) is 10.7 Å². The standard InChI is InChI=1S/C42H46FN7O2/c1-25(43)33-20-34(22-35(44)21-33)26(2)46-41-37-23-39(45-24-38(37)27(3)48-49-41)32-6-4-5-28(19-32)13-16-50-17-14-30(15-18-50)29-7-9-31(10-8-29)36-11-12-40(51)47-42(36)52/h4-10,19-26,30,36H,11-18,44H2,1-3H3,(H,46,49)(H,47,51,52)/t25?,26-,36?/m1/s1. The van der Waals surface area contributed by atoms with Crippen molar-refractivity contribution in [2.45, 2.75) is 76.9 Å². The first kappa shape index (κ1) is 35.2. The Morgan fingerprint density at radius 1 is 0.923 bits per heavy atom. The summed E-state index contributed by atoms with van der Waals surface area (Å²) in [5.74, 6) is 0.537. The summed E-state index contributed by atoms with van der Waals surface area (Å²) in [5, 5.41) is 16.7. The van der Waals surface area contributed by atoms with Gasteiger partial charge in [-0.25, -0.2) is 4.39 Å². The van der Waals surface area contributed by atoms with E-state index >= 15 is 0 Å². The summed E-state index contributed by atoms with van der Waals surface area (Å²) in [6.45, 7) is 8.53. The first-order chi connectivity index (χ1) is 25.1. The predicted molar refractivity (Wildman–Crippen MR) is 204 cm³/mol. The zero-order valence-electron chi connectivity index (χ0n) is 30.0. The van der Waals surface area contributed by atoms with E-state index in [9.17, 15) is 14.0 Å². The molecule has 5 aromatic rings. The molecule has 0 radical (unpaired) electrons. The van der Waals surface area contributed by atoms with Gasteiger partial charge in [-0.2, -0.15) is 5.10 Å². The number of pyridine rings is 1. The van der Waals surface area contributed by atoms with Crippen molar-refractivity contribution in [1.82, 2.24) is 25.4 Å². The molecule has 2 fully saturated rings. The molecule has 2 aliphatic rings. The molecule has 268 valence electrons. The average molecular weight is 700 g/mol. The van der Waals surface area contributed by atoms with Crippen molar-refractivity contribution in [3.63, 3.8) is 0 Å². The highest BCUT2D eigenvalue weighted by molar-refractivity contribution is 6.01. The lowest BCUT2D eigenvalue weighted by molar-refractivity contribution is -0.134. The van der Waals surface area contributed by atoms with Gasteiger partial charge in [-0.3, -0.25) is 19.9 Å². The fraction of sp³-hybridized carbons (Fsp3) is 0.357. The van der Waals surface area contributed by atoms with Gasteiger partial charge in [-0.15, -0.1) is 5.10 Å². The Kier molecular flexibility index (Phi) is 10.3. The van der Waals surface area contributed by atoms with Gasteiger partial charge in [0, 0.05) is 41.2 Å². The van der Waals surface area contributed by atoms with Crippen molar-refractivity contribution in [3.8, 4) is 11.3 Å². The zero-order chi connectivity index (χ0) is 36.4. The SMILES string of the molecule is Cc1nnc(N[C@H](C)c2cc(N)cc(C(C)F)c2)c2cc(-c3cccc(CCN4CCC(c5ccc(C6CCC(=O)NC6=O)cc5)CC4)c3)ncc12.